The first-order chi connectivity index (χ1) is 14.6. The molecule has 156 valence electrons. The maximum absolute atomic E-state index is 13.0. The molecule has 1 aliphatic rings. The highest BCUT2D eigenvalue weighted by Crippen LogP contribution is 2.38. The van der Waals surface area contributed by atoms with Crippen molar-refractivity contribution in [3.63, 3.8) is 0 Å². The second-order valence-corrected chi connectivity index (χ2v) is 7.21. The predicted molar refractivity (Wildman–Crippen MR) is 117 cm³/mol. The van der Waals surface area contributed by atoms with Gasteiger partial charge in [-0.3, -0.25) is 9.59 Å². The Hall–Kier alpha value is -3.18. The van der Waals surface area contributed by atoms with Gasteiger partial charge < -0.3 is 14.7 Å². The number of amides is 1. The molecule has 0 saturated carbocycles. The third-order valence-electron chi connectivity index (χ3n) is 5.25. The number of ether oxygens (including phenoxy) is 1. The van der Waals surface area contributed by atoms with Crippen molar-refractivity contribution in [2.24, 2.45) is 0 Å². The molecule has 0 bridgehead atoms. The van der Waals surface area contributed by atoms with Crippen LogP contribution < -0.4 is 0 Å². The lowest BCUT2D eigenvalue weighted by atomic mass is 9.94. The molecule has 1 N–H and O–H groups in total. The number of ketones is 1. The summed E-state index contributed by atoms with van der Waals surface area (Å²) in [6.07, 6.45) is 4.62. The average Bonchev–Trinajstić information content (AvgIpc) is 3.03. The Morgan fingerprint density at radius 1 is 1.13 bits per heavy atom. The van der Waals surface area contributed by atoms with Crippen molar-refractivity contribution in [3.05, 3.63) is 88.7 Å². The number of aryl methyl sites for hydroxylation is 1. The Kier molecular flexibility index (Phi) is 7.20. The van der Waals surface area contributed by atoms with Crippen LogP contribution in [-0.2, 0) is 20.7 Å². The predicted octanol–water partition coefficient (Wildman–Crippen LogP) is 4.26. The quantitative estimate of drug-likeness (QED) is 0.500. The van der Waals surface area contributed by atoms with Crippen molar-refractivity contribution in [1.29, 1.82) is 0 Å². The number of methoxy groups -OCH3 is 1. The lowest BCUT2D eigenvalue weighted by Gasteiger charge is -2.26. The van der Waals surface area contributed by atoms with E-state index in [4.69, 9.17) is 4.74 Å². The molecule has 1 unspecified atom stereocenters. The fourth-order valence-electron chi connectivity index (χ4n) is 3.62. The van der Waals surface area contributed by atoms with Crippen molar-refractivity contribution in [2.75, 3.05) is 20.3 Å². The van der Waals surface area contributed by atoms with E-state index in [1.807, 2.05) is 54.6 Å². The highest BCUT2D eigenvalue weighted by Gasteiger charge is 2.42. The standard InChI is InChI=1S/C25H27NO4/c1-3-18-10-13-20(14-11-18)23-22(21(27)15-12-19-8-5-4-6-9-19)24(28)25(29)26(23)16-7-17-30-2/h4-6,8-15,23,28H,3,7,16-17H2,1-2H3/b15-12+. The maximum atomic E-state index is 13.0. The summed E-state index contributed by atoms with van der Waals surface area (Å²) in [6.45, 7) is 2.94. The van der Waals surface area contributed by atoms with Crippen LogP contribution in [0.3, 0.4) is 0 Å². The number of carbonyl (C=O) groups is 2. The fraction of sp³-hybridized carbons (Fsp3) is 0.280. The zero-order chi connectivity index (χ0) is 21.5. The Labute approximate surface area is 177 Å². The maximum Gasteiger partial charge on any atom is 0.290 e. The molecule has 3 rings (SSSR count). The Bertz CT molecular complexity index is 945. The summed E-state index contributed by atoms with van der Waals surface area (Å²) in [4.78, 5) is 27.4. The van der Waals surface area contributed by atoms with Gasteiger partial charge >= 0.3 is 0 Å². The summed E-state index contributed by atoms with van der Waals surface area (Å²) >= 11 is 0. The highest BCUT2D eigenvalue weighted by atomic mass is 16.5. The molecule has 1 aliphatic heterocycles. The number of rotatable bonds is 9. The topological polar surface area (TPSA) is 66.8 Å². The zero-order valence-corrected chi connectivity index (χ0v) is 17.4. The summed E-state index contributed by atoms with van der Waals surface area (Å²) in [5.41, 5.74) is 2.96. The van der Waals surface area contributed by atoms with Crippen molar-refractivity contribution in [1.82, 2.24) is 4.90 Å². The van der Waals surface area contributed by atoms with E-state index in [1.165, 1.54) is 11.6 Å². The normalized spacial score (nSPS) is 16.7. The van der Waals surface area contributed by atoms with Gasteiger partial charge in [0.15, 0.2) is 11.5 Å². The molecule has 0 aliphatic carbocycles. The van der Waals surface area contributed by atoms with Crippen LogP contribution >= 0.6 is 0 Å². The van der Waals surface area contributed by atoms with E-state index in [1.54, 1.807) is 18.1 Å². The van der Waals surface area contributed by atoms with Gasteiger partial charge in [-0.2, -0.15) is 0 Å². The average molecular weight is 405 g/mol. The minimum Gasteiger partial charge on any atom is -0.503 e. The number of nitrogens with zero attached hydrogens (tertiary/aromatic N) is 1. The highest BCUT2D eigenvalue weighted by molar-refractivity contribution is 6.14. The minimum absolute atomic E-state index is 0.119. The SMILES string of the molecule is CCc1ccc(C2C(C(=O)/C=C/c3ccccc3)=C(O)C(=O)N2CCCOC)cc1. The third-order valence-corrected chi connectivity index (χ3v) is 5.25. The smallest absolute Gasteiger partial charge is 0.290 e. The molecule has 1 heterocycles. The summed E-state index contributed by atoms with van der Waals surface area (Å²) < 4.78 is 5.10. The number of benzene rings is 2. The van der Waals surface area contributed by atoms with Gasteiger partial charge in [0.1, 0.15) is 0 Å². The Morgan fingerprint density at radius 3 is 2.47 bits per heavy atom. The van der Waals surface area contributed by atoms with Crippen LogP contribution in [0, 0.1) is 0 Å². The number of allylic oxidation sites excluding steroid dienone is 1. The molecule has 1 amide bonds. The largest absolute Gasteiger partial charge is 0.503 e. The van der Waals surface area contributed by atoms with Crippen LogP contribution in [0.25, 0.3) is 6.08 Å². The molecule has 2 aromatic rings. The monoisotopic (exact) mass is 405 g/mol. The minimum atomic E-state index is -0.617. The van der Waals surface area contributed by atoms with Crippen molar-refractivity contribution in [2.45, 2.75) is 25.8 Å². The van der Waals surface area contributed by atoms with Crippen LogP contribution in [0.1, 0.15) is 36.1 Å². The van der Waals surface area contributed by atoms with Gasteiger partial charge in [-0.25, -0.2) is 0 Å². The molecule has 0 saturated heterocycles. The van der Waals surface area contributed by atoms with Crippen LogP contribution in [-0.4, -0.2) is 42.0 Å². The van der Waals surface area contributed by atoms with Gasteiger partial charge in [0.25, 0.3) is 5.91 Å². The van der Waals surface area contributed by atoms with E-state index in [9.17, 15) is 14.7 Å². The summed E-state index contributed by atoms with van der Waals surface area (Å²) in [7, 11) is 1.60. The van der Waals surface area contributed by atoms with E-state index in [0.717, 1.165) is 17.5 Å². The summed E-state index contributed by atoms with van der Waals surface area (Å²) in [5.74, 6) is -1.37. The molecule has 0 radical (unpaired) electrons. The summed E-state index contributed by atoms with van der Waals surface area (Å²) in [5, 5.41) is 10.6. The lowest BCUT2D eigenvalue weighted by molar-refractivity contribution is -0.129. The van der Waals surface area contributed by atoms with E-state index in [0.29, 0.717) is 19.6 Å². The third kappa shape index (κ3) is 4.69. The van der Waals surface area contributed by atoms with Crippen molar-refractivity contribution in [3.8, 4) is 0 Å². The lowest BCUT2D eigenvalue weighted by Crippen LogP contribution is -2.32. The molecule has 5 nitrogen and oxygen atoms in total. The van der Waals surface area contributed by atoms with Crippen LogP contribution in [0.15, 0.2) is 72.0 Å². The van der Waals surface area contributed by atoms with Crippen molar-refractivity contribution >= 4 is 17.8 Å². The van der Waals surface area contributed by atoms with Gasteiger partial charge in [-0.05, 0) is 35.6 Å². The second-order valence-electron chi connectivity index (χ2n) is 7.21. The van der Waals surface area contributed by atoms with E-state index in [-0.39, 0.29) is 11.4 Å². The van der Waals surface area contributed by atoms with Crippen LogP contribution in [0.2, 0.25) is 0 Å². The molecule has 0 fully saturated rings. The first-order valence-corrected chi connectivity index (χ1v) is 10.2. The number of aliphatic hydroxyl groups is 1. The molecule has 30 heavy (non-hydrogen) atoms. The number of hydrogen-bond donors (Lipinski definition) is 1. The van der Waals surface area contributed by atoms with Gasteiger partial charge in [0.05, 0.1) is 11.6 Å². The first-order valence-electron chi connectivity index (χ1n) is 10.2. The van der Waals surface area contributed by atoms with E-state index in [2.05, 4.69) is 6.92 Å². The van der Waals surface area contributed by atoms with Gasteiger partial charge in [-0.1, -0.05) is 67.6 Å². The number of aliphatic hydroxyl groups excluding tert-OH is 1. The summed E-state index contributed by atoms with van der Waals surface area (Å²) in [6, 6.07) is 16.6. The number of carbonyl (C=O) groups excluding carboxylic acids is 2. The molecular formula is C25H27NO4. The fourth-order valence-corrected chi connectivity index (χ4v) is 3.62. The second kappa shape index (κ2) is 10.0. The van der Waals surface area contributed by atoms with Gasteiger partial charge in [0, 0.05) is 20.3 Å². The molecule has 2 aromatic carbocycles. The van der Waals surface area contributed by atoms with Gasteiger partial charge in [0.2, 0.25) is 0 Å². The molecule has 0 aromatic heterocycles. The Balaban J connectivity index is 1.95. The van der Waals surface area contributed by atoms with Gasteiger partial charge in [-0.15, -0.1) is 0 Å². The molecule has 5 heteroatoms. The van der Waals surface area contributed by atoms with E-state index < -0.39 is 17.7 Å². The van der Waals surface area contributed by atoms with E-state index >= 15 is 0 Å². The Morgan fingerprint density at radius 2 is 1.83 bits per heavy atom. The van der Waals surface area contributed by atoms with Crippen molar-refractivity contribution < 1.29 is 19.4 Å². The first kappa shape index (κ1) is 21.5. The molecule has 1 atom stereocenters. The number of hydrogen-bond acceptors (Lipinski definition) is 4. The van der Waals surface area contributed by atoms with Crippen LogP contribution in [0.5, 0.6) is 0 Å². The zero-order valence-electron chi connectivity index (χ0n) is 17.4. The molecule has 0 spiro atoms. The van der Waals surface area contributed by atoms with Crippen LogP contribution in [0.4, 0.5) is 0 Å². The molecular weight excluding hydrogens is 378 g/mol.